The van der Waals surface area contributed by atoms with Gasteiger partial charge in [-0.1, -0.05) is 6.42 Å². The quantitative estimate of drug-likeness (QED) is 0.919. The minimum atomic E-state index is 0.131. The van der Waals surface area contributed by atoms with E-state index in [1.54, 1.807) is 0 Å². The molecule has 4 atom stereocenters. The van der Waals surface area contributed by atoms with Crippen LogP contribution in [0.25, 0.3) is 0 Å². The molecule has 2 fully saturated rings. The Morgan fingerprint density at radius 2 is 1.88 bits per heavy atom. The van der Waals surface area contributed by atoms with Crippen molar-refractivity contribution < 1.29 is 0 Å². The molecule has 4 rings (SSSR count). The number of anilines is 3. The summed E-state index contributed by atoms with van der Waals surface area (Å²) in [6, 6.07) is 0.438. The number of rotatable bonds is 3. The molecule has 1 aromatic rings. The fourth-order valence-electron chi connectivity index (χ4n) is 5.09. The topological polar surface area (TPSA) is 61.5 Å². The molecule has 1 aromatic heterocycles. The summed E-state index contributed by atoms with van der Waals surface area (Å²) in [6.45, 7) is 4.42. The molecule has 0 radical (unpaired) electrons. The second-order valence-electron chi connectivity index (χ2n) is 8.25. The number of fused-ring (bicyclic) bond motifs is 3. The van der Waals surface area contributed by atoms with Crippen molar-refractivity contribution in [3.63, 3.8) is 0 Å². The summed E-state index contributed by atoms with van der Waals surface area (Å²) in [6.07, 6.45) is 5.47. The average Bonchev–Trinajstić information content (AvgIpc) is 3.21. The van der Waals surface area contributed by atoms with Crippen LogP contribution in [0.15, 0.2) is 0 Å². The first-order valence-electron chi connectivity index (χ1n) is 9.23. The lowest BCUT2D eigenvalue weighted by molar-refractivity contribution is 0.198. The predicted octanol–water partition coefficient (Wildman–Crippen LogP) is 2.47. The van der Waals surface area contributed by atoms with Gasteiger partial charge in [-0.25, -0.2) is 9.97 Å². The highest BCUT2D eigenvalue weighted by Gasteiger charge is 2.44. The van der Waals surface area contributed by atoms with E-state index in [1.165, 1.54) is 25.7 Å². The maximum absolute atomic E-state index is 6.39. The van der Waals surface area contributed by atoms with Gasteiger partial charge in [-0.05, 0) is 52.0 Å². The van der Waals surface area contributed by atoms with Crippen LogP contribution < -0.4 is 15.5 Å². The zero-order valence-electron chi connectivity index (χ0n) is 15.5. The van der Waals surface area contributed by atoms with Gasteiger partial charge in [0.15, 0.2) is 17.9 Å². The SMILES string of the molecule is CC(C)N(C)C1N(C)c2nc(C3CC4CCC3C4)nc(N)c2N1C. The van der Waals surface area contributed by atoms with Crippen LogP contribution >= 0.6 is 0 Å². The molecule has 6 heteroatoms. The molecule has 2 saturated carbocycles. The molecule has 3 aliphatic rings. The third kappa shape index (κ3) is 2.19. The van der Waals surface area contributed by atoms with Crippen molar-refractivity contribution >= 4 is 17.3 Å². The summed E-state index contributed by atoms with van der Waals surface area (Å²) < 4.78 is 0. The fourth-order valence-corrected chi connectivity index (χ4v) is 5.09. The first kappa shape index (κ1) is 15.9. The summed E-state index contributed by atoms with van der Waals surface area (Å²) in [7, 11) is 6.35. The molecule has 0 saturated heterocycles. The molecule has 24 heavy (non-hydrogen) atoms. The maximum atomic E-state index is 6.39. The smallest absolute Gasteiger partial charge is 0.161 e. The number of nitrogens with zero attached hydrogens (tertiary/aromatic N) is 5. The third-order valence-electron chi connectivity index (χ3n) is 6.54. The Bertz CT molecular complexity index is 645. The van der Waals surface area contributed by atoms with Crippen molar-refractivity contribution in [2.45, 2.75) is 57.8 Å². The van der Waals surface area contributed by atoms with Gasteiger partial charge in [0, 0.05) is 26.1 Å². The molecule has 132 valence electrons. The van der Waals surface area contributed by atoms with Crippen LogP contribution in [0, 0.1) is 11.8 Å². The number of nitrogens with two attached hydrogens (primary N) is 1. The standard InChI is InChI=1S/C18H30N6/c1-10(2)22(3)18-23(4)14-15(19)20-16(21-17(14)24(18)5)13-9-11-6-7-12(13)8-11/h10-13,18H,6-9H2,1-5H3,(H2,19,20,21). The largest absolute Gasteiger partial charge is 0.382 e. The highest BCUT2D eigenvalue weighted by Crippen LogP contribution is 2.53. The van der Waals surface area contributed by atoms with E-state index >= 15 is 0 Å². The van der Waals surface area contributed by atoms with Crippen molar-refractivity contribution in [1.82, 2.24) is 14.9 Å². The third-order valence-corrected chi connectivity index (χ3v) is 6.54. The Kier molecular flexibility index (Phi) is 3.64. The van der Waals surface area contributed by atoms with Crippen LogP contribution in [0.4, 0.5) is 17.3 Å². The summed E-state index contributed by atoms with van der Waals surface area (Å²) in [5.74, 6) is 4.76. The van der Waals surface area contributed by atoms with Gasteiger partial charge in [0.25, 0.3) is 0 Å². The lowest BCUT2D eigenvalue weighted by Gasteiger charge is -2.37. The minimum absolute atomic E-state index is 0.131. The molecular weight excluding hydrogens is 300 g/mol. The minimum Gasteiger partial charge on any atom is -0.382 e. The number of aromatic nitrogens is 2. The Balaban J connectivity index is 1.70. The van der Waals surface area contributed by atoms with Crippen molar-refractivity contribution in [3.8, 4) is 0 Å². The van der Waals surface area contributed by atoms with Crippen LogP contribution in [0.5, 0.6) is 0 Å². The predicted molar refractivity (Wildman–Crippen MR) is 98.1 cm³/mol. The number of hydrogen-bond acceptors (Lipinski definition) is 6. The molecule has 4 unspecified atom stereocenters. The van der Waals surface area contributed by atoms with Crippen LogP contribution in [-0.4, -0.2) is 48.3 Å². The highest BCUT2D eigenvalue weighted by molar-refractivity contribution is 5.82. The Morgan fingerprint density at radius 1 is 1.12 bits per heavy atom. The van der Waals surface area contributed by atoms with Gasteiger partial charge < -0.3 is 15.5 Å². The lowest BCUT2D eigenvalue weighted by atomic mass is 9.88. The molecule has 0 amide bonds. The normalized spacial score (nSPS) is 31.6. The molecule has 1 aliphatic heterocycles. The summed E-state index contributed by atoms with van der Waals surface area (Å²) in [5.41, 5.74) is 7.37. The van der Waals surface area contributed by atoms with Crippen LogP contribution in [-0.2, 0) is 0 Å². The number of nitrogen functional groups attached to an aromatic ring is 1. The molecule has 2 heterocycles. The van der Waals surface area contributed by atoms with Crippen LogP contribution in [0.2, 0.25) is 0 Å². The Labute approximate surface area is 145 Å². The van der Waals surface area contributed by atoms with E-state index in [2.05, 4.69) is 49.7 Å². The zero-order valence-corrected chi connectivity index (χ0v) is 15.5. The average molecular weight is 330 g/mol. The molecule has 2 N–H and O–H groups in total. The van der Waals surface area contributed by atoms with Crippen LogP contribution in [0.3, 0.4) is 0 Å². The molecule has 2 aliphatic carbocycles. The first-order valence-corrected chi connectivity index (χ1v) is 9.23. The van der Waals surface area contributed by atoms with E-state index in [1.807, 2.05) is 0 Å². The van der Waals surface area contributed by atoms with Crippen molar-refractivity contribution in [2.75, 3.05) is 36.7 Å². The van der Waals surface area contributed by atoms with E-state index in [0.29, 0.717) is 17.8 Å². The zero-order chi connectivity index (χ0) is 17.2. The van der Waals surface area contributed by atoms with E-state index < -0.39 is 0 Å². The number of hydrogen-bond donors (Lipinski definition) is 1. The van der Waals surface area contributed by atoms with Gasteiger partial charge in [0.05, 0.1) is 0 Å². The van der Waals surface area contributed by atoms with E-state index in [0.717, 1.165) is 29.2 Å². The van der Waals surface area contributed by atoms with Gasteiger partial charge in [0.2, 0.25) is 0 Å². The second-order valence-corrected chi connectivity index (χ2v) is 8.25. The van der Waals surface area contributed by atoms with Crippen molar-refractivity contribution in [1.29, 1.82) is 0 Å². The second kappa shape index (κ2) is 5.48. The van der Waals surface area contributed by atoms with Gasteiger partial charge in [-0.3, -0.25) is 4.90 Å². The first-order chi connectivity index (χ1) is 11.4. The molecule has 0 aromatic carbocycles. The Hall–Kier alpha value is -1.56. The van der Waals surface area contributed by atoms with Crippen LogP contribution in [0.1, 0.15) is 51.3 Å². The lowest BCUT2D eigenvalue weighted by Crippen LogP contribution is -2.53. The molecule has 6 nitrogen and oxygen atoms in total. The summed E-state index contributed by atoms with van der Waals surface area (Å²) in [4.78, 5) is 16.5. The van der Waals surface area contributed by atoms with E-state index in [9.17, 15) is 0 Å². The van der Waals surface area contributed by atoms with Crippen molar-refractivity contribution in [2.24, 2.45) is 11.8 Å². The summed E-state index contributed by atoms with van der Waals surface area (Å²) in [5, 5.41) is 0. The van der Waals surface area contributed by atoms with Gasteiger partial charge >= 0.3 is 0 Å². The molecular formula is C18H30N6. The summed E-state index contributed by atoms with van der Waals surface area (Å²) >= 11 is 0. The fraction of sp³-hybridized carbons (Fsp3) is 0.778. The van der Waals surface area contributed by atoms with Gasteiger partial charge in [-0.2, -0.15) is 0 Å². The van der Waals surface area contributed by atoms with Gasteiger partial charge in [0.1, 0.15) is 11.5 Å². The molecule has 0 spiro atoms. The maximum Gasteiger partial charge on any atom is 0.161 e. The Morgan fingerprint density at radius 3 is 2.46 bits per heavy atom. The van der Waals surface area contributed by atoms with Gasteiger partial charge in [-0.15, -0.1) is 0 Å². The van der Waals surface area contributed by atoms with E-state index in [-0.39, 0.29) is 6.29 Å². The van der Waals surface area contributed by atoms with E-state index in [4.69, 9.17) is 15.7 Å². The monoisotopic (exact) mass is 330 g/mol. The highest BCUT2D eigenvalue weighted by atomic mass is 15.6. The van der Waals surface area contributed by atoms with Crippen molar-refractivity contribution in [3.05, 3.63) is 5.82 Å². The molecule has 2 bridgehead atoms.